The van der Waals surface area contributed by atoms with Gasteiger partial charge in [0.1, 0.15) is 0 Å². The zero-order chi connectivity index (χ0) is 13.4. The van der Waals surface area contributed by atoms with Gasteiger partial charge in [-0.3, -0.25) is 9.69 Å². The van der Waals surface area contributed by atoms with Crippen LogP contribution in [-0.4, -0.2) is 34.9 Å². The van der Waals surface area contributed by atoms with Crippen LogP contribution in [0.4, 0.5) is 0 Å². The SMILES string of the molecule is CCSC(=O)C(Cc1ccccc1)N(CC)CC. The van der Waals surface area contributed by atoms with Crippen LogP contribution in [0.2, 0.25) is 0 Å². The molecule has 0 spiro atoms. The smallest absolute Gasteiger partial charge is 0.206 e. The van der Waals surface area contributed by atoms with Gasteiger partial charge >= 0.3 is 0 Å². The van der Waals surface area contributed by atoms with Crippen molar-refractivity contribution in [2.24, 2.45) is 0 Å². The highest BCUT2D eigenvalue weighted by molar-refractivity contribution is 8.13. The monoisotopic (exact) mass is 265 g/mol. The van der Waals surface area contributed by atoms with Gasteiger partial charge in [0, 0.05) is 0 Å². The zero-order valence-corrected chi connectivity index (χ0v) is 12.4. The lowest BCUT2D eigenvalue weighted by molar-refractivity contribution is -0.115. The van der Waals surface area contributed by atoms with Crippen LogP contribution in [0.1, 0.15) is 26.3 Å². The van der Waals surface area contributed by atoms with Crippen molar-refractivity contribution in [2.75, 3.05) is 18.8 Å². The molecule has 0 radical (unpaired) electrons. The van der Waals surface area contributed by atoms with Crippen molar-refractivity contribution in [3.63, 3.8) is 0 Å². The Morgan fingerprint density at radius 3 is 2.28 bits per heavy atom. The third-order valence-corrected chi connectivity index (χ3v) is 3.93. The van der Waals surface area contributed by atoms with E-state index in [1.807, 2.05) is 25.1 Å². The van der Waals surface area contributed by atoms with Crippen LogP contribution < -0.4 is 0 Å². The molecule has 0 saturated heterocycles. The summed E-state index contributed by atoms with van der Waals surface area (Å²) >= 11 is 1.44. The van der Waals surface area contributed by atoms with E-state index in [2.05, 4.69) is 30.9 Å². The van der Waals surface area contributed by atoms with Crippen molar-refractivity contribution in [3.05, 3.63) is 35.9 Å². The van der Waals surface area contributed by atoms with Crippen molar-refractivity contribution in [2.45, 2.75) is 33.2 Å². The van der Waals surface area contributed by atoms with Gasteiger partial charge in [-0.15, -0.1) is 0 Å². The highest BCUT2D eigenvalue weighted by Gasteiger charge is 2.23. The Morgan fingerprint density at radius 2 is 1.78 bits per heavy atom. The Bertz CT molecular complexity index is 349. The van der Waals surface area contributed by atoms with Gasteiger partial charge in [-0.25, -0.2) is 0 Å². The second kappa shape index (κ2) is 8.33. The van der Waals surface area contributed by atoms with Crippen molar-refractivity contribution < 1.29 is 4.79 Å². The number of rotatable bonds is 7. The predicted octanol–water partition coefficient (Wildman–Crippen LogP) is 3.22. The molecule has 1 aromatic rings. The van der Waals surface area contributed by atoms with Crippen LogP contribution in [0.5, 0.6) is 0 Å². The first-order valence-electron chi connectivity index (χ1n) is 6.67. The number of hydrogen-bond acceptors (Lipinski definition) is 3. The number of thioether (sulfide) groups is 1. The summed E-state index contributed by atoms with van der Waals surface area (Å²) in [5.74, 6) is 0.853. The van der Waals surface area contributed by atoms with Gasteiger partial charge in [-0.2, -0.15) is 0 Å². The Morgan fingerprint density at radius 1 is 1.17 bits per heavy atom. The van der Waals surface area contributed by atoms with Crippen LogP contribution in [0.15, 0.2) is 30.3 Å². The van der Waals surface area contributed by atoms with Crippen LogP contribution in [0.25, 0.3) is 0 Å². The quantitative estimate of drug-likeness (QED) is 0.755. The normalized spacial score (nSPS) is 12.7. The van der Waals surface area contributed by atoms with E-state index in [-0.39, 0.29) is 6.04 Å². The van der Waals surface area contributed by atoms with Gasteiger partial charge in [-0.05, 0) is 30.8 Å². The molecular weight excluding hydrogens is 242 g/mol. The van der Waals surface area contributed by atoms with Crippen LogP contribution in [-0.2, 0) is 11.2 Å². The maximum absolute atomic E-state index is 12.2. The van der Waals surface area contributed by atoms with E-state index in [9.17, 15) is 4.79 Å². The van der Waals surface area contributed by atoms with E-state index in [0.717, 1.165) is 25.3 Å². The molecular formula is C15H23NOS. The molecule has 0 bridgehead atoms. The van der Waals surface area contributed by atoms with Gasteiger partial charge in [0.2, 0.25) is 5.12 Å². The first kappa shape index (κ1) is 15.3. The molecule has 0 saturated carbocycles. The molecule has 0 aliphatic heterocycles. The van der Waals surface area contributed by atoms with Gasteiger partial charge in [-0.1, -0.05) is 62.9 Å². The number of hydrogen-bond donors (Lipinski definition) is 0. The first-order valence-corrected chi connectivity index (χ1v) is 7.66. The Balaban J connectivity index is 2.80. The lowest BCUT2D eigenvalue weighted by atomic mass is 10.1. The summed E-state index contributed by atoms with van der Waals surface area (Å²) < 4.78 is 0. The molecule has 1 atom stereocenters. The van der Waals surface area contributed by atoms with Gasteiger partial charge in [0.15, 0.2) is 0 Å². The van der Waals surface area contributed by atoms with Crippen LogP contribution in [0.3, 0.4) is 0 Å². The van der Waals surface area contributed by atoms with Gasteiger partial charge in [0.25, 0.3) is 0 Å². The summed E-state index contributed by atoms with van der Waals surface area (Å²) in [6, 6.07) is 10.3. The fraction of sp³-hybridized carbons (Fsp3) is 0.533. The molecule has 0 amide bonds. The third kappa shape index (κ3) is 4.46. The van der Waals surface area contributed by atoms with Crippen molar-refractivity contribution >= 4 is 16.9 Å². The zero-order valence-electron chi connectivity index (χ0n) is 11.6. The summed E-state index contributed by atoms with van der Waals surface area (Å²) in [7, 11) is 0. The molecule has 0 aliphatic rings. The predicted molar refractivity (Wildman–Crippen MR) is 80.0 cm³/mol. The minimum absolute atomic E-state index is 0.00681. The fourth-order valence-corrected chi connectivity index (χ4v) is 2.81. The fourth-order valence-electron chi connectivity index (χ4n) is 2.10. The molecule has 0 fully saturated rings. The average molecular weight is 265 g/mol. The molecule has 1 unspecified atom stereocenters. The van der Waals surface area contributed by atoms with Crippen molar-refractivity contribution in [3.8, 4) is 0 Å². The van der Waals surface area contributed by atoms with E-state index < -0.39 is 0 Å². The second-order valence-corrected chi connectivity index (χ2v) is 5.45. The molecule has 3 heteroatoms. The highest BCUT2D eigenvalue weighted by atomic mass is 32.2. The maximum atomic E-state index is 12.2. The molecule has 1 aromatic carbocycles. The number of nitrogens with zero attached hydrogens (tertiary/aromatic N) is 1. The number of likely N-dealkylation sites (N-methyl/N-ethyl adjacent to an activating group) is 1. The summed E-state index contributed by atoms with van der Waals surface area (Å²) in [6.45, 7) is 8.11. The molecule has 0 N–H and O–H groups in total. The maximum Gasteiger partial charge on any atom is 0.206 e. The third-order valence-electron chi connectivity index (χ3n) is 3.08. The molecule has 18 heavy (non-hydrogen) atoms. The molecule has 0 aromatic heterocycles. The minimum atomic E-state index is 0.00681. The summed E-state index contributed by atoms with van der Waals surface area (Å²) in [6.07, 6.45) is 0.814. The van der Waals surface area contributed by atoms with E-state index in [0.29, 0.717) is 5.12 Å². The highest BCUT2D eigenvalue weighted by Crippen LogP contribution is 2.16. The standard InChI is InChI=1S/C15H23NOS/c1-4-16(5-2)14(15(17)18-6-3)12-13-10-8-7-9-11-13/h7-11,14H,4-6,12H2,1-3H3. The summed E-state index contributed by atoms with van der Waals surface area (Å²) in [4.78, 5) is 14.5. The van der Waals surface area contributed by atoms with E-state index in [4.69, 9.17) is 0 Å². The molecule has 0 aliphatic carbocycles. The van der Waals surface area contributed by atoms with Crippen LogP contribution in [0, 0.1) is 0 Å². The lowest BCUT2D eigenvalue weighted by Crippen LogP contribution is -2.41. The minimum Gasteiger partial charge on any atom is -0.293 e. The number of carbonyl (C=O) groups excluding carboxylic acids is 1. The molecule has 100 valence electrons. The largest absolute Gasteiger partial charge is 0.293 e. The number of benzene rings is 1. The van der Waals surface area contributed by atoms with Gasteiger partial charge < -0.3 is 0 Å². The van der Waals surface area contributed by atoms with E-state index >= 15 is 0 Å². The Hall–Kier alpha value is -0.800. The second-order valence-electron chi connectivity index (χ2n) is 4.18. The van der Waals surface area contributed by atoms with E-state index in [1.54, 1.807) is 0 Å². The molecule has 1 rings (SSSR count). The topological polar surface area (TPSA) is 20.3 Å². The molecule has 0 heterocycles. The Kier molecular flexibility index (Phi) is 7.06. The van der Waals surface area contributed by atoms with E-state index in [1.165, 1.54) is 17.3 Å². The van der Waals surface area contributed by atoms with Crippen LogP contribution >= 0.6 is 11.8 Å². The summed E-state index contributed by atoms with van der Waals surface area (Å²) in [5.41, 5.74) is 1.24. The lowest BCUT2D eigenvalue weighted by Gasteiger charge is -2.28. The van der Waals surface area contributed by atoms with Gasteiger partial charge in [0.05, 0.1) is 6.04 Å². The summed E-state index contributed by atoms with van der Waals surface area (Å²) in [5, 5.41) is 0.296. The van der Waals surface area contributed by atoms with Crippen molar-refractivity contribution in [1.29, 1.82) is 0 Å². The average Bonchev–Trinajstić information content (AvgIpc) is 2.40. The number of carbonyl (C=O) groups is 1. The Labute approximate surface area is 115 Å². The van der Waals surface area contributed by atoms with Crippen molar-refractivity contribution in [1.82, 2.24) is 4.90 Å². The first-order chi connectivity index (χ1) is 8.72. The molecule has 2 nitrogen and oxygen atoms in total.